The highest BCUT2D eigenvalue weighted by molar-refractivity contribution is 9.11. The Kier molecular flexibility index (Phi) is 5.40. The molecule has 0 saturated carbocycles. The number of pyridine rings is 1. The van der Waals surface area contributed by atoms with E-state index in [1.807, 2.05) is 41.1 Å². The Morgan fingerprint density at radius 2 is 1.93 bits per heavy atom. The van der Waals surface area contributed by atoms with Crippen LogP contribution in [0.5, 0.6) is 0 Å². The first-order chi connectivity index (χ1) is 14.3. The summed E-state index contributed by atoms with van der Waals surface area (Å²) in [5.41, 5.74) is 3.55. The van der Waals surface area contributed by atoms with Gasteiger partial charge in [0.25, 0.3) is 11.6 Å². The van der Waals surface area contributed by atoms with Gasteiger partial charge in [-0.15, -0.1) is 0 Å². The van der Waals surface area contributed by atoms with Crippen molar-refractivity contribution in [2.24, 2.45) is 0 Å². The molecule has 9 heteroatoms. The van der Waals surface area contributed by atoms with Crippen molar-refractivity contribution in [3.8, 4) is 11.3 Å². The summed E-state index contributed by atoms with van der Waals surface area (Å²) in [5, 5.41) is 13.9. The number of anilines is 1. The fourth-order valence-electron chi connectivity index (χ4n) is 3.07. The Hall–Kier alpha value is -3.04. The topological polar surface area (TPSA) is 89.5 Å². The van der Waals surface area contributed by atoms with Crippen LogP contribution in [0.4, 0.5) is 11.4 Å². The molecule has 0 radical (unpaired) electrons. The van der Waals surface area contributed by atoms with E-state index < -0.39 is 10.8 Å². The van der Waals surface area contributed by atoms with Crippen LogP contribution in [0.15, 0.2) is 69.9 Å². The molecule has 4 aromatic rings. The SMILES string of the molecule is Cc1ccc(C(=O)Nc2cccc(-c3cn4cc(Br)cc(Br)c4n3)c2)cc1[N+](=O)[O-]. The summed E-state index contributed by atoms with van der Waals surface area (Å²) in [7, 11) is 0. The predicted octanol–water partition coefficient (Wildman–Crippen LogP) is 6.00. The number of amides is 1. The van der Waals surface area contributed by atoms with Crippen LogP contribution < -0.4 is 5.32 Å². The van der Waals surface area contributed by atoms with E-state index in [0.717, 1.165) is 25.8 Å². The number of imidazole rings is 1. The van der Waals surface area contributed by atoms with Crippen LogP contribution in [0, 0.1) is 17.0 Å². The minimum Gasteiger partial charge on any atom is -0.322 e. The van der Waals surface area contributed by atoms with Gasteiger partial charge < -0.3 is 9.72 Å². The Labute approximate surface area is 188 Å². The number of fused-ring (bicyclic) bond motifs is 1. The molecule has 150 valence electrons. The largest absolute Gasteiger partial charge is 0.322 e. The predicted molar refractivity (Wildman–Crippen MR) is 122 cm³/mol. The van der Waals surface area contributed by atoms with Gasteiger partial charge in [0.2, 0.25) is 0 Å². The fraction of sp³-hybridized carbons (Fsp3) is 0.0476. The van der Waals surface area contributed by atoms with Gasteiger partial charge in [-0.2, -0.15) is 0 Å². The molecule has 7 nitrogen and oxygen atoms in total. The molecule has 0 atom stereocenters. The molecule has 0 fully saturated rings. The van der Waals surface area contributed by atoms with Crippen molar-refractivity contribution in [3.05, 3.63) is 91.1 Å². The van der Waals surface area contributed by atoms with Crippen LogP contribution in [0.1, 0.15) is 15.9 Å². The number of nitrogens with one attached hydrogen (secondary N) is 1. The number of hydrogen-bond acceptors (Lipinski definition) is 4. The van der Waals surface area contributed by atoms with Crippen molar-refractivity contribution in [2.45, 2.75) is 6.92 Å². The van der Waals surface area contributed by atoms with Crippen LogP contribution in [0.3, 0.4) is 0 Å². The van der Waals surface area contributed by atoms with E-state index in [-0.39, 0.29) is 11.3 Å². The Bertz CT molecular complexity index is 1320. The number of nitro groups is 1. The molecule has 0 aliphatic heterocycles. The number of nitrogens with zero attached hydrogens (tertiary/aromatic N) is 3. The molecule has 0 unspecified atom stereocenters. The van der Waals surface area contributed by atoms with Crippen molar-refractivity contribution < 1.29 is 9.72 Å². The van der Waals surface area contributed by atoms with Crippen LogP contribution >= 0.6 is 31.9 Å². The summed E-state index contributed by atoms with van der Waals surface area (Å²) in [5.74, 6) is -0.420. The molecular formula is C21H14Br2N4O3. The zero-order chi connectivity index (χ0) is 21.4. The molecule has 2 aromatic carbocycles. The van der Waals surface area contributed by atoms with Gasteiger partial charge in [-0.1, -0.05) is 18.2 Å². The Morgan fingerprint density at radius 1 is 1.13 bits per heavy atom. The monoisotopic (exact) mass is 528 g/mol. The molecule has 0 saturated heterocycles. The number of aryl methyl sites for hydroxylation is 1. The first-order valence-electron chi connectivity index (χ1n) is 8.82. The van der Waals surface area contributed by atoms with E-state index in [4.69, 9.17) is 0 Å². The Balaban J connectivity index is 1.63. The van der Waals surface area contributed by atoms with Crippen LogP contribution in [0.2, 0.25) is 0 Å². The first-order valence-corrected chi connectivity index (χ1v) is 10.4. The summed E-state index contributed by atoms with van der Waals surface area (Å²) in [6.45, 7) is 1.63. The molecule has 0 aliphatic rings. The van der Waals surface area contributed by atoms with Crippen molar-refractivity contribution in [1.29, 1.82) is 0 Å². The highest BCUT2D eigenvalue weighted by atomic mass is 79.9. The summed E-state index contributed by atoms with van der Waals surface area (Å²) >= 11 is 6.97. The molecule has 2 aromatic heterocycles. The van der Waals surface area contributed by atoms with E-state index in [9.17, 15) is 14.9 Å². The molecule has 4 rings (SSSR count). The number of hydrogen-bond donors (Lipinski definition) is 1. The molecule has 1 N–H and O–H groups in total. The summed E-state index contributed by atoms with van der Waals surface area (Å²) in [6, 6.07) is 13.6. The Morgan fingerprint density at radius 3 is 2.70 bits per heavy atom. The van der Waals surface area contributed by atoms with Crippen molar-refractivity contribution >= 4 is 54.8 Å². The molecule has 0 aliphatic carbocycles. The van der Waals surface area contributed by atoms with E-state index in [2.05, 4.69) is 42.2 Å². The highest BCUT2D eigenvalue weighted by Gasteiger charge is 2.15. The lowest BCUT2D eigenvalue weighted by Gasteiger charge is -2.07. The highest BCUT2D eigenvalue weighted by Crippen LogP contribution is 2.28. The maximum absolute atomic E-state index is 12.6. The van der Waals surface area contributed by atoms with Gasteiger partial charge in [-0.05, 0) is 63.0 Å². The number of nitro benzene ring substituents is 1. The number of halogens is 2. The third-order valence-electron chi connectivity index (χ3n) is 4.56. The average molecular weight is 530 g/mol. The lowest BCUT2D eigenvalue weighted by atomic mass is 10.1. The second-order valence-corrected chi connectivity index (χ2v) is 8.43. The number of carbonyl (C=O) groups is 1. The van der Waals surface area contributed by atoms with E-state index in [1.54, 1.807) is 25.1 Å². The maximum atomic E-state index is 12.6. The molecule has 2 heterocycles. The number of benzene rings is 2. The van der Waals surface area contributed by atoms with Gasteiger partial charge in [-0.3, -0.25) is 14.9 Å². The molecule has 30 heavy (non-hydrogen) atoms. The second kappa shape index (κ2) is 8.00. The van der Waals surface area contributed by atoms with Gasteiger partial charge in [0.15, 0.2) is 5.65 Å². The van der Waals surface area contributed by atoms with Gasteiger partial charge in [0, 0.05) is 45.3 Å². The minimum absolute atomic E-state index is 0.0853. The number of carbonyl (C=O) groups excluding carboxylic acids is 1. The smallest absolute Gasteiger partial charge is 0.273 e. The lowest BCUT2D eigenvalue weighted by molar-refractivity contribution is -0.385. The van der Waals surface area contributed by atoms with Crippen LogP contribution in [-0.2, 0) is 0 Å². The van der Waals surface area contributed by atoms with E-state index in [1.165, 1.54) is 6.07 Å². The van der Waals surface area contributed by atoms with E-state index >= 15 is 0 Å². The normalized spacial score (nSPS) is 10.9. The summed E-state index contributed by atoms with van der Waals surface area (Å²) in [4.78, 5) is 27.9. The summed E-state index contributed by atoms with van der Waals surface area (Å²) < 4.78 is 3.67. The third kappa shape index (κ3) is 3.99. The van der Waals surface area contributed by atoms with Crippen LogP contribution in [-0.4, -0.2) is 20.2 Å². The van der Waals surface area contributed by atoms with Gasteiger partial charge in [0.05, 0.1) is 15.1 Å². The quantitative estimate of drug-likeness (QED) is 0.259. The van der Waals surface area contributed by atoms with Crippen molar-refractivity contribution in [3.63, 3.8) is 0 Å². The van der Waals surface area contributed by atoms with Crippen molar-refractivity contribution in [2.75, 3.05) is 5.32 Å². The average Bonchev–Trinajstić information content (AvgIpc) is 3.12. The first kappa shape index (κ1) is 20.2. The zero-order valence-corrected chi connectivity index (χ0v) is 18.8. The van der Waals surface area contributed by atoms with Crippen LogP contribution in [0.25, 0.3) is 16.9 Å². The van der Waals surface area contributed by atoms with Gasteiger partial charge in [-0.25, -0.2) is 4.98 Å². The third-order valence-corrected chi connectivity index (χ3v) is 5.57. The number of rotatable bonds is 4. The molecule has 1 amide bonds. The molecule has 0 bridgehead atoms. The molecule has 0 spiro atoms. The number of aromatic nitrogens is 2. The minimum atomic E-state index is -0.493. The van der Waals surface area contributed by atoms with Gasteiger partial charge in [0.1, 0.15) is 0 Å². The lowest BCUT2D eigenvalue weighted by Crippen LogP contribution is -2.12. The van der Waals surface area contributed by atoms with E-state index in [0.29, 0.717) is 11.3 Å². The second-order valence-electron chi connectivity index (χ2n) is 6.66. The fourth-order valence-corrected chi connectivity index (χ4v) is 4.37. The summed E-state index contributed by atoms with van der Waals surface area (Å²) in [6.07, 6.45) is 3.81. The molecular weight excluding hydrogens is 516 g/mol. The van der Waals surface area contributed by atoms with Gasteiger partial charge >= 0.3 is 0 Å². The maximum Gasteiger partial charge on any atom is 0.273 e. The van der Waals surface area contributed by atoms with Crippen molar-refractivity contribution in [1.82, 2.24) is 9.38 Å². The zero-order valence-electron chi connectivity index (χ0n) is 15.6. The standard InChI is InChI=1S/C21H14Br2N4O3/c1-12-5-6-14(8-19(12)27(29)30)21(28)24-16-4-2-3-13(7-16)18-11-26-10-15(22)9-17(23)20(26)25-18/h2-11H,1H3,(H,24,28).